The number of methoxy groups -OCH3 is 2. The topological polar surface area (TPSA) is 100 Å². The molecule has 3 aliphatic heterocycles. The monoisotopic (exact) mass is 724 g/mol. The van der Waals surface area contributed by atoms with Crippen LogP contribution in [0.5, 0.6) is 11.5 Å². The zero-order valence-electron chi connectivity index (χ0n) is 27.5. The van der Waals surface area contributed by atoms with E-state index in [1.165, 1.54) is 24.2 Å². The van der Waals surface area contributed by atoms with Crippen molar-refractivity contribution in [1.29, 1.82) is 0 Å². The largest absolute Gasteiger partial charge is 0.493 e. The van der Waals surface area contributed by atoms with Gasteiger partial charge in [0.15, 0.2) is 23.9 Å². The summed E-state index contributed by atoms with van der Waals surface area (Å²) in [5, 5.41) is 4.23. The molecule has 0 saturated carbocycles. The number of hydrogen-bond donors (Lipinski definition) is 1. The predicted octanol–water partition coefficient (Wildman–Crippen LogP) is 6.74. The van der Waals surface area contributed by atoms with E-state index >= 15 is 0 Å². The third-order valence-electron chi connectivity index (χ3n) is 9.36. The fourth-order valence-corrected chi connectivity index (χ4v) is 8.02. The first kappa shape index (κ1) is 35.2. The molecule has 1 unspecified atom stereocenters. The van der Waals surface area contributed by atoms with E-state index in [9.17, 15) is 9.59 Å². The lowest BCUT2D eigenvalue weighted by Crippen LogP contribution is -2.49. The second kappa shape index (κ2) is 16.4. The van der Waals surface area contributed by atoms with Crippen LogP contribution in [-0.4, -0.2) is 57.3 Å². The highest BCUT2D eigenvalue weighted by Gasteiger charge is 2.35. The smallest absolute Gasteiger partial charge is 0.348 e. The molecule has 258 valence electrons. The second-order valence-electron chi connectivity index (χ2n) is 12.4. The molecule has 0 spiro atoms. The van der Waals surface area contributed by atoms with E-state index in [0.717, 1.165) is 30.1 Å². The number of rotatable bonds is 14. The summed E-state index contributed by atoms with van der Waals surface area (Å²) in [5.74, 6) is 1.25. The van der Waals surface area contributed by atoms with Gasteiger partial charge in [-0.2, -0.15) is 0 Å². The van der Waals surface area contributed by atoms with Crippen LogP contribution in [0, 0.1) is 11.8 Å². The minimum Gasteiger partial charge on any atom is -0.493 e. The average Bonchev–Trinajstić information content (AvgIpc) is 3.62. The lowest BCUT2D eigenvalue weighted by molar-refractivity contribution is -0.377. The van der Waals surface area contributed by atoms with Gasteiger partial charge >= 0.3 is 11.9 Å². The van der Waals surface area contributed by atoms with Crippen LogP contribution in [-0.2, 0) is 27.2 Å². The molecule has 2 aromatic carbocycles. The summed E-state index contributed by atoms with van der Waals surface area (Å²) in [6, 6.07) is 17.9. The van der Waals surface area contributed by atoms with Crippen molar-refractivity contribution in [2.75, 3.05) is 40.5 Å². The molecule has 3 fully saturated rings. The Hall–Kier alpha value is -3.67. The lowest BCUT2D eigenvalue weighted by atomic mass is 9.79. The van der Waals surface area contributed by atoms with Crippen molar-refractivity contribution in [2.24, 2.45) is 11.8 Å². The lowest BCUT2D eigenvalue weighted by Gasteiger charge is -2.44. The number of pyridine rings is 1. The predicted molar refractivity (Wildman–Crippen MR) is 188 cm³/mol. The summed E-state index contributed by atoms with van der Waals surface area (Å²) in [5.41, 5.74) is 2.15. The van der Waals surface area contributed by atoms with Crippen molar-refractivity contribution in [3.05, 3.63) is 110 Å². The van der Waals surface area contributed by atoms with E-state index in [1.807, 2.05) is 42.5 Å². The fraction of sp³-hybridized carbons (Fsp3) is 0.378. The molecule has 2 bridgehead atoms. The molecule has 0 radical (unpaired) electrons. The van der Waals surface area contributed by atoms with Gasteiger partial charge < -0.3 is 23.8 Å². The molecule has 5 heterocycles. The number of carbonyl (C=O) groups is 2. The first-order valence-corrected chi connectivity index (χ1v) is 17.9. The van der Waals surface area contributed by atoms with Crippen LogP contribution in [0.4, 0.5) is 0 Å². The number of ether oxygens (including phenoxy) is 4. The summed E-state index contributed by atoms with van der Waals surface area (Å²) < 4.78 is 23.0. The molecule has 7 rings (SSSR count). The Morgan fingerprint density at radius 2 is 1.69 bits per heavy atom. The molecule has 2 N–H and O–H groups in total. The summed E-state index contributed by atoms with van der Waals surface area (Å²) in [6.07, 6.45) is 5.10. The number of piperidine rings is 3. The number of hydrogen-bond acceptors (Lipinski definition) is 9. The number of thiophene rings is 1. The van der Waals surface area contributed by atoms with Gasteiger partial charge in [-0.05, 0) is 67.2 Å². The molecular formula is C37H40Cl2N3O6S+. The second-order valence-corrected chi connectivity index (χ2v) is 14.3. The van der Waals surface area contributed by atoms with Crippen LogP contribution < -0.4 is 19.8 Å². The number of aromatic nitrogens is 1. The van der Waals surface area contributed by atoms with Gasteiger partial charge in [0.05, 0.1) is 20.8 Å². The summed E-state index contributed by atoms with van der Waals surface area (Å²) in [7, 11) is 3.10. The van der Waals surface area contributed by atoms with E-state index in [1.54, 1.807) is 44.8 Å². The number of carbonyl (C=O) groups excluding carboxylic acids is 2. The first-order valence-electron chi connectivity index (χ1n) is 16.4. The normalized spacial score (nSPS) is 19.6. The highest BCUT2D eigenvalue weighted by molar-refractivity contribution is 7.13. The van der Waals surface area contributed by atoms with Gasteiger partial charge in [0, 0.05) is 35.9 Å². The number of benzene rings is 2. The SMILES string of the molecule is COc1ccc([C@H](Cc2c(Cl)c[nH+]cc2Cl)OC(=O)c2ccc(CNC(C(=O)OC[C@@H]3CN4CCC3CC4)c3ccccc3)s2)cc1OC. The number of esters is 2. The third-order valence-corrected chi connectivity index (χ3v) is 11.1. The van der Waals surface area contributed by atoms with Crippen molar-refractivity contribution in [2.45, 2.75) is 38.0 Å². The zero-order valence-corrected chi connectivity index (χ0v) is 29.8. The molecule has 12 heteroatoms. The third kappa shape index (κ3) is 8.56. The average molecular weight is 726 g/mol. The molecule has 2 aromatic heterocycles. The number of fused-ring (bicyclic) bond motifs is 3. The molecule has 0 amide bonds. The number of nitrogens with zero attached hydrogens (tertiary/aromatic N) is 1. The molecule has 3 atom stereocenters. The van der Waals surface area contributed by atoms with Crippen LogP contribution in [0.25, 0.3) is 0 Å². The number of nitrogens with one attached hydrogen (secondary N) is 2. The summed E-state index contributed by atoms with van der Waals surface area (Å²) in [4.78, 5) is 33.7. The van der Waals surface area contributed by atoms with Crippen molar-refractivity contribution in [3.8, 4) is 11.5 Å². The van der Waals surface area contributed by atoms with Crippen LogP contribution in [0.1, 0.15) is 56.2 Å². The van der Waals surface area contributed by atoms with Crippen molar-refractivity contribution in [1.82, 2.24) is 10.2 Å². The number of aromatic amines is 1. The Morgan fingerprint density at radius 3 is 2.37 bits per heavy atom. The minimum atomic E-state index is -0.734. The molecule has 3 saturated heterocycles. The van der Waals surface area contributed by atoms with Gasteiger partial charge in [-0.1, -0.05) is 59.6 Å². The molecule has 4 aromatic rings. The maximum absolute atomic E-state index is 13.6. The fourth-order valence-electron chi connectivity index (χ4n) is 6.64. The molecule has 3 aliphatic rings. The van der Waals surface area contributed by atoms with Gasteiger partial charge in [0.2, 0.25) is 0 Å². The van der Waals surface area contributed by atoms with E-state index in [-0.39, 0.29) is 12.4 Å². The van der Waals surface area contributed by atoms with Crippen LogP contribution in [0.15, 0.2) is 73.1 Å². The molecule has 9 nitrogen and oxygen atoms in total. The summed E-state index contributed by atoms with van der Waals surface area (Å²) in [6.45, 7) is 4.07. The van der Waals surface area contributed by atoms with Crippen molar-refractivity contribution >= 4 is 46.5 Å². The molecule has 49 heavy (non-hydrogen) atoms. The first-order chi connectivity index (χ1) is 23.8. The Balaban J connectivity index is 1.14. The van der Waals surface area contributed by atoms with Crippen LogP contribution in [0.2, 0.25) is 10.0 Å². The van der Waals surface area contributed by atoms with Gasteiger partial charge in [-0.3, -0.25) is 5.32 Å². The highest BCUT2D eigenvalue weighted by atomic mass is 35.5. The van der Waals surface area contributed by atoms with Crippen LogP contribution in [0.3, 0.4) is 0 Å². The maximum atomic E-state index is 13.6. The Bertz CT molecular complexity index is 1730. The van der Waals surface area contributed by atoms with Gasteiger partial charge in [-0.15, -0.1) is 11.3 Å². The molecule has 0 aliphatic carbocycles. The van der Waals surface area contributed by atoms with Crippen molar-refractivity contribution < 1.29 is 33.5 Å². The summed E-state index contributed by atoms with van der Waals surface area (Å²) >= 11 is 14.3. The van der Waals surface area contributed by atoms with Gasteiger partial charge in [0.1, 0.15) is 27.1 Å². The maximum Gasteiger partial charge on any atom is 0.348 e. The Kier molecular flexibility index (Phi) is 11.7. The van der Waals surface area contributed by atoms with E-state index in [0.29, 0.717) is 62.5 Å². The quantitative estimate of drug-likeness (QED) is 0.143. The van der Waals surface area contributed by atoms with E-state index < -0.39 is 18.1 Å². The van der Waals surface area contributed by atoms with Crippen LogP contribution >= 0.6 is 34.5 Å². The Labute approximate surface area is 300 Å². The van der Waals surface area contributed by atoms with Gasteiger partial charge in [-0.25, -0.2) is 14.6 Å². The highest BCUT2D eigenvalue weighted by Crippen LogP contribution is 2.36. The van der Waals surface area contributed by atoms with E-state index in [4.69, 9.17) is 42.1 Å². The zero-order chi connectivity index (χ0) is 34.3. The van der Waals surface area contributed by atoms with E-state index in [2.05, 4.69) is 15.2 Å². The van der Waals surface area contributed by atoms with Crippen molar-refractivity contribution in [3.63, 3.8) is 0 Å². The Morgan fingerprint density at radius 1 is 0.959 bits per heavy atom. The standard InChI is InChI=1S/C37H39Cl2N3O6S/c1-45-31-10-8-25(16-33(31)46-2)32(17-28-29(38)19-40-20-30(28)39)48-36(43)34-11-9-27(49-34)18-41-35(24-6-4-3-5-7-24)37(44)47-22-26-21-42-14-12-23(26)13-15-42/h3-11,16,19-20,23,26,32,35,41H,12-15,17-18,21-22H2,1-2H3/p+1/t26-,32-,35?/m0/s1. The number of halogens is 2. The minimum absolute atomic E-state index is 0.230. The number of H-pyrrole nitrogens is 1. The molecular weight excluding hydrogens is 685 g/mol. The van der Waals surface area contributed by atoms with Gasteiger partial charge in [0.25, 0.3) is 0 Å².